The van der Waals surface area contributed by atoms with Crippen LogP contribution in [0.2, 0.25) is 0 Å². The maximum Gasteiger partial charge on any atom is 0.0936 e. The minimum atomic E-state index is 0.521. The Balaban J connectivity index is 1.75. The first-order chi connectivity index (χ1) is 7.25. The Morgan fingerprint density at radius 1 is 1.20 bits per heavy atom. The molecule has 0 aromatic carbocycles. The highest BCUT2D eigenvalue weighted by Crippen LogP contribution is 2.19. The molecule has 2 heterocycles. The van der Waals surface area contributed by atoms with Crippen LogP contribution in [0, 0.1) is 5.92 Å². The van der Waals surface area contributed by atoms with Gasteiger partial charge in [-0.2, -0.15) is 0 Å². The van der Waals surface area contributed by atoms with Gasteiger partial charge in [-0.15, -0.1) is 0 Å². The maximum atomic E-state index is 5.39. The fourth-order valence-electron chi connectivity index (χ4n) is 2.19. The van der Waals surface area contributed by atoms with Gasteiger partial charge in [0.1, 0.15) is 0 Å². The largest absolute Gasteiger partial charge is 0.381 e. The maximum absolute atomic E-state index is 5.39. The Labute approximate surface area is 92.7 Å². The van der Waals surface area contributed by atoms with Crippen molar-refractivity contribution in [1.82, 2.24) is 4.90 Å². The second-order valence-electron chi connectivity index (χ2n) is 5.06. The second-order valence-corrected chi connectivity index (χ2v) is 5.06. The molecule has 3 heteroatoms. The summed E-state index contributed by atoms with van der Waals surface area (Å²) in [6.07, 6.45) is 2.98. The van der Waals surface area contributed by atoms with E-state index in [1.807, 2.05) is 0 Å². The van der Waals surface area contributed by atoms with E-state index in [1.54, 1.807) is 0 Å². The van der Waals surface area contributed by atoms with Gasteiger partial charge in [-0.3, -0.25) is 4.90 Å². The van der Waals surface area contributed by atoms with Crippen LogP contribution in [0.15, 0.2) is 0 Å². The van der Waals surface area contributed by atoms with Crippen molar-refractivity contribution >= 4 is 0 Å². The van der Waals surface area contributed by atoms with Crippen LogP contribution < -0.4 is 0 Å². The summed E-state index contributed by atoms with van der Waals surface area (Å²) in [7, 11) is 0. The Morgan fingerprint density at radius 2 is 1.87 bits per heavy atom. The average molecular weight is 213 g/mol. The summed E-state index contributed by atoms with van der Waals surface area (Å²) in [6, 6.07) is 0.636. The number of rotatable bonds is 5. The first-order valence-electron chi connectivity index (χ1n) is 6.19. The molecule has 2 saturated heterocycles. The highest BCUT2D eigenvalue weighted by atomic mass is 16.6. The molecule has 1 unspecified atom stereocenters. The minimum absolute atomic E-state index is 0.521. The lowest BCUT2D eigenvalue weighted by molar-refractivity contribution is 0.0465. The highest BCUT2D eigenvalue weighted by Gasteiger charge is 2.28. The predicted molar refractivity (Wildman–Crippen MR) is 60.0 cm³/mol. The van der Waals surface area contributed by atoms with Gasteiger partial charge in [0.2, 0.25) is 0 Å². The van der Waals surface area contributed by atoms with E-state index in [0.717, 1.165) is 32.3 Å². The Morgan fingerprint density at radius 3 is 2.40 bits per heavy atom. The van der Waals surface area contributed by atoms with Crippen LogP contribution in [0.5, 0.6) is 0 Å². The van der Waals surface area contributed by atoms with Crippen molar-refractivity contribution in [2.45, 2.75) is 38.8 Å². The molecule has 2 aliphatic rings. The SMILES string of the molecule is CC(C)N(CC1CCOCC1)CC1CO1. The fourth-order valence-corrected chi connectivity index (χ4v) is 2.19. The van der Waals surface area contributed by atoms with Crippen molar-refractivity contribution < 1.29 is 9.47 Å². The summed E-state index contributed by atoms with van der Waals surface area (Å²) in [6.45, 7) is 9.78. The molecule has 0 bridgehead atoms. The molecule has 0 aliphatic carbocycles. The number of nitrogens with zero attached hydrogens (tertiary/aromatic N) is 1. The minimum Gasteiger partial charge on any atom is -0.381 e. The van der Waals surface area contributed by atoms with E-state index in [2.05, 4.69) is 18.7 Å². The molecular formula is C12H23NO2. The first-order valence-corrected chi connectivity index (χ1v) is 6.19. The van der Waals surface area contributed by atoms with Crippen LogP contribution in [-0.2, 0) is 9.47 Å². The summed E-state index contributed by atoms with van der Waals surface area (Å²) < 4.78 is 10.7. The lowest BCUT2D eigenvalue weighted by Crippen LogP contribution is -2.39. The van der Waals surface area contributed by atoms with Crippen molar-refractivity contribution in [2.75, 3.05) is 32.9 Å². The van der Waals surface area contributed by atoms with Crippen molar-refractivity contribution in [1.29, 1.82) is 0 Å². The molecule has 0 saturated carbocycles. The molecule has 2 rings (SSSR count). The van der Waals surface area contributed by atoms with E-state index < -0.39 is 0 Å². The van der Waals surface area contributed by atoms with Crippen LogP contribution in [-0.4, -0.2) is 50.0 Å². The molecule has 0 amide bonds. The van der Waals surface area contributed by atoms with Gasteiger partial charge in [0.25, 0.3) is 0 Å². The third kappa shape index (κ3) is 3.74. The van der Waals surface area contributed by atoms with E-state index in [-0.39, 0.29) is 0 Å². The van der Waals surface area contributed by atoms with Crippen LogP contribution in [0.25, 0.3) is 0 Å². The third-order valence-electron chi connectivity index (χ3n) is 3.40. The van der Waals surface area contributed by atoms with Gasteiger partial charge in [0, 0.05) is 32.3 Å². The number of hydrogen-bond donors (Lipinski definition) is 0. The number of ether oxygens (including phenoxy) is 2. The van der Waals surface area contributed by atoms with Gasteiger partial charge < -0.3 is 9.47 Å². The van der Waals surface area contributed by atoms with Crippen LogP contribution in [0.4, 0.5) is 0 Å². The van der Waals surface area contributed by atoms with E-state index in [9.17, 15) is 0 Å². The molecule has 2 aliphatic heterocycles. The van der Waals surface area contributed by atoms with Crippen molar-refractivity contribution in [3.8, 4) is 0 Å². The molecule has 1 atom stereocenters. The van der Waals surface area contributed by atoms with Crippen molar-refractivity contribution in [3.05, 3.63) is 0 Å². The van der Waals surface area contributed by atoms with Crippen LogP contribution in [0.3, 0.4) is 0 Å². The molecule has 3 nitrogen and oxygen atoms in total. The standard InChI is InChI=1S/C12H23NO2/c1-10(2)13(8-12-9-15-12)7-11-3-5-14-6-4-11/h10-12H,3-9H2,1-2H3. The molecule has 2 fully saturated rings. The van der Waals surface area contributed by atoms with Gasteiger partial charge in [-0.25, -0.2) is 0 Å². The zero-order valence-corrected chi connectivity index (χ0v) is 9.95. The normalized spacial score (nSPS) is 27.6. The molecule has 15 heavy (non-hydrogen) atoms. The van der Waals surface area contributed by atoms with Gasteiger partial charge in [-0.1, -0.05) is 0 Å². The number of epoxide rings is 1. The number of hydrogen-bond acceptors (Lipinski definition) is 3. The Hall–Kier alpha value is -0.120. The van der Waals surface area contributed by atoms with Gasteiger partial charge in [0.15, 0.2) is 0 Å². The van der Waals surface area contributed by atoms with Gasteiger partial charge in [-0.05, 0) is 32.6 Å². The summed E-state index contributed by atoms with van der Waals surface area (Å²) in [5.41, 5.74) is 0. The summed E-state index contributed by atoms with van der Waals surface area (Å²) in [5.74, 6) is 0.833. The zero-order valence-electron chi connectivity index (χ0n) is 9.95. The van der Waals surface area contributed by atoms with Crippen molar-refractivity contribution in [2.24, 2.45) is 5.92 Å². The summed E-state index contributed by atoms with van der Waals surface area (Å²) in [4.78, 5) is 2.56. The van der Waals surface area contributed by atoms with Crippen LogP contribution in [0.1, 0.15) is 26.7 Å². The second kappa shape index (κ2) is 5.28. The van der Waals surface area contributed by atoms with E-state index in [0.29, 0.717) is 12.1 Å². The summed E-state index contributed by atoms with van der Waals surface area (Å²) >= 11 is 0. The Kier molecular flexibility index (Phi) is 4.00. The van der Waals surface area contributed by atoms with E-state index in [4.69, 9.17) is 9.47 Å². The molecule has 0 aromatic heterocycles. The molecule has 0 aromatic rings. The van der Waals surface area contributed by atoms with E-state index >= 15 is 0 Å². The monoisotopic (exact) mass is 213 g/mol. The summed E-state index contributed by atoms with van der Waals surface area (Å²) in [5, 5.41) is 0. The topological polar surface area (TPSA) is 25.0 Å². The average Bonchev–Trinajstić information content (AvgIpc) is 3.02. The van der Waals surface area contributed by atoms with Gasteiger partial charge in [0.05, 0.1) is 12.7 Å². The molecule has 0 spiro atoms. The molecular weight excluding hydrogens is 190 g/mol. The lowest BCUT2D eigenvalue weighted by atomic mass is 9.99. The fraction of sp³-hybridized carbons (Fsp3) is 1.00. The smallest absolute Gasteiger partial charge is 0.0936 e. The van der Waals surface area contributed by atoms with Gasteiger partial charge >= 0.3 is 0 Å². The zero-order chi connectivity index (χ0) is 10.7. The molecule has 0 radical (unpaired) electrons. The lowest BCUT2D eigenvalue weighted by Gasteiger charge is -2.32. The van der Waals surface area contributed by atoms with Crippen LogP contribution >= 0.6 is 0 Å². The Bertz CT molecular complexity index is 186. The molecule has 88 valence electrons. The highest BCUT2D eigenvalue weighted by molar-refractivity contribution is 4.79. The van der Waals surface area contributed by atoms with E-state index in [1.165, 1.54) is 19.4 Å². The predicted octanol–water partition coefficient (Wildman–Crippen LogP) is 1.52. The molecule has 0 N–H and O–H groups in total. The third-order valence-corrected chi connectivity index (χ3v) is 3.40. The first kappa shape index (κ1) is 11.4. The van der Waals surface area contributed by atoms with Crippen molar-refractivity contribution in [3.63, 3.8) is 0 Å². The quantitative estimate of drug-likeness (QED) is 0.647.